The van der Waals surface area contributed by atoms with Crippen molar-refractivity contribution in [1.82, 2.24) is 9.78 Å². The number of para-hydroxylation sites is 1. The van der Waals surface area contributed by atoms with Crippen LogP contribution in [0.25, 0.3) is 16.8 Å². The summed E-state index contributed by atoms with van der Waals surface area (Å²) in [5, 5.41) is 3.32. The average molecular weight is 306 g/mol. The Kier molecular flexibility index (Phi) is 3.72. The summed E-state index contributed by atoms with van der Waals surface area (Å²) in [4.78, 5) is 13.1. The van der Waals surface area contributed by atoms with Crippen LogP contribution in [-0.2, 0) is 5.41 Å². The van der Waals surface area contributed by atoms with Gasteiger partial charge in [-0.3, -0.25) is 9.89 Å². The Balaban J connectivity index is 2.28. The lowest BCUT2D eigenvalue weighted by atomic mass is 9.87. The van der Waals surface area contributed by atoms with E-state index in [0.717, 1.165) is 22.5 Å². The van der Waals surface area contributed by atoms with Gasteiger partial charge in [-0.2, -0.15) is 0 Å². The molecule has 0 spiro atoms. The Morgan fingerprint density at radius 2 is 1.52 bits per heavy atom. The van der Waals surface area contributed by atoms with E-state index < -0.39 is 0 Å². The number of aryl methyl sites for hydroxylation is 1. The minimum Gasteiger partial charge on any atom is -0.294 e. The first-order valence-electron chi connectivity index (χ1n) is 7.86. The monoisotopic (exact) mass is 306 g/mol. The second-order valence-corrected chi connectivity index (χ2v) is 6.95. The summed E-state index contributed by atoms with van der Waals surface area (Å²) in [6.07, 6.45) is 0. The number of aromatic amines is 1. The van der Waals surface area contributed by atoms with Crippen molar-refractivity contribution in [3.05, 3.63) is 76.2 Å². The third-order valence-corrected chi connectivity index (χ3v) is 4.00. The smallest absolute Gasteiger partial charge is 0.279 e. The molecule has 0 aliphatic heterocycles. The van der Waals surface area contributed by atoms with Gasteiger partial charge in [-0.25, -0.2) is 4.68 Å². The zero-order chi connectivity index (χ0) is 16.6. The second kappa shape index (κ2) is 5.58. The molecule has 3 rings (SSSR count). The number of rotatable bonds is 2. The van der Waals surface area contributed by atoms with E-state index in [1.165, 1.54) is 5.56 Å². The van der Waals surface area contributed by atoms with Crippen molar-refractivity contribution in [1.29, 1.82) is 0 Å². The Labute approximate surface area is 136 Å². The standard InChI is InChI=1S/C20H22N2O/c1-14-10-12-15(13-11-14)17-18(20(2,3)4)21-22(19(17)23)16-8-6-5-7-9-16/h5-13,21H,1-4H3. The normalized spacial score (nSPS) is 11.7. The maximum atomic E-state index is 13.1. The number of hydrogen-bond acceptors (Lipinski definition) is 1. The number of benzene rings is 2. The first kappa shape index (κ1) is 15.3. The lowest BCUT2D eigenvalue weighted by molar-refractivity contribution is 0.561. The fraction of sp³-hybridized carbons (Fsp3) is 0.250. The molecule has 0 amide bonds. The van der Waals surface area contributed by atoms with Crippen LogP contribution in [0.2, 0.25) is 0 Å². The molecule has 118 valence electrons. The number of aromatic nitrogens is 2. The second-order valence-electron chi connectivity index (χ2n) is 6.95. The van der Waals surface area contributed by atoms with Gasteiger partial charge >= 0.3 is 0 Å². The van der Waals surface area contributed by atoms with Gasteiger partial charge in [0.05, 0.1) is 16.9 Å². The van der Waals surface area contributed by atoms with Crippen molar-refractivity contribution in [2.45, 2.75) is 33.1 Å². The molecular weight excluding hydrogens is 284 g/mol. The van der Waals surface area contributed by atoms with Crippen LogP contribution >= 0.6 is 0 Å². The van der Waals surface area contributed by atoms with Gasteiger partial charge in [-0.15, -0.1) is 0 Å². The molecule has 2 aromatic carbocycles. The Morgan fingerprint density at radius 1 is 0.913 bits per heavy atom. The van der Waals surface area contributed by atoms with Gasteiger partial charge in [0.25, 0.3) is 5.56 Å². The van der Waals surface area contributed by atoms with Gasteiger partial charge in [0.2, 0.25) is 0 Å². The molecule has 0 saturated carbocycles. The zero-order valence-electron chi connectivity index (χ0n) is 14.1. The maximum absolute atomic E-state index is 13.1. The molecule has 3 heteroatoms. The highest BCUT2D eigenvalue weighted by Gasteiger charge is 2.25. The predicted molar refractivity (Wildman–Crippen MR) is 95.3 cm³/mol. The molecule has 0 radical (unpaired) electrons. The van der Waals surface area contributed by atoms with E-state index in [4.69, 9.17) is 0 Å². The largest absolute Gasteiger partial charge is 0.294 e. The third-order valence-electron chi connectivity index (χ3n) is 4.00. The fourth-order valence-corrected chi connectivity index (χ4v) is 2.73. The SMILES string of the molecule is Cc1ccc(-c2c(C(C)(C)C)[nH]n(-c3ccccc3)c2=O)cc1. The van der Waals surface area contributed by atoms with Crippen LogP contribution in [0.1, 0.15) is 32.0 Å². The molecule has 0 atom stereocenters. The Bertz CT molecular complexity index is 863. The minimum atomic E-state index is -0.153. The van der Waals surface area contributed by atoms with Crippen LogP contribution in [0.5, 0.6) is 0 Å². The van der Waals surface area contributed by atoms with Crippen molar-refractivity contribution in [3.63, 3.8) is 0 Å². The van der Waals surface area contributed by atoms with Crippen LogP contribution in [0.3, 0.4) is 0 Å². The fourth-order valence-electron chi connectivity index (χ4n) is 2.73. The van der Waals surface area contributed by atoms with E-state index in [2.05, 4.69) is 25.9 Å². The zero-order valence-corrected chi connectivity index (χ0v) is 14.1. The molecule has 0 saturated heterocycles. The third kappa shape index (κ3) is 2.87. The van der Waals surface area contributed by atoms with E-state index in [1.807, 2.05) is 61.5 Å². The predicted octanol–water partition coefficient (Wildman–Crippen LogP) is 4.44. The van der Waals surface area contributed by atoms with Crippen LogP contribution in [0.4, 0.5) is 0 Å². The summed E-state index contributed by atoms with van der Waals surface area (Å²) >= 11 is 0. The first-order chi connectivity index (χ1) is 10.9. The van der Waals surface area contributed by atoms with Crippen LogP contribution in [0.15, 0.2) is 59.4 Å². The highest BCUT2D eigenvalue weighted by Crippen LogP contribution is 2.30. The van der Waals surface area contributed by atoms with Gasteiger partial charge in [0.1, 0.15) is 0 Å². The van der Waals surface area contributed by atoms with Gasteiger partial charge < -0.3 is 0 Å². The summed E-state index contributed by atoms with van der Waals surface area (Å²) in [6, 6.07) is 17.8. The van der Waals surface area contributed by atoms with Crippen molar-refractivity contribution in [3.8, 4) is 16.8 Å². The van der Waals surface area contributed by atoms with Crippen LogP contribution < -0.4 is 5.56 Å². The molecular formula is C20H22N2O. The highest BCUT2D eigenvalue weighted by atomic mass is 16.1. The molecule has 0 fully saturated rings. The summed E-state index contributed by atoms with van der Waals surface area (Å²) in [5.74, 6) is 0. The van der Waals surface area contributed by atoms with Gasteiger partial charge in [0.15, 0.2) is 0 Å². The lowest BCUT2D eigenvalue weighted by Crippen LogP contribution is -2.15. The lowest BCUT2D eigenvalue weighted by Gasteiger charge is -2.18. The molecule has 1 aromatic heterocycles. The van der Waals surface area contributed by atoms with Crippen molar-refractivity contribution in [2.75, 3.05) is 0 Å². The number of hydrogen-bond donors (Lipinski definition) is 1. The van der Waals surface area contributed by atoms with E-state index >= 15 is 0 Å². The van der Waals surface area contributed by atoms with Gasteiger partial charge in [-0.05, 0) is 24.6 Å². The molecule has 0 aliphatic carbocycles. The Hall–Kier alpha value is -2.55. The van der Waals surface area contributed by atoms with Crippen molar-refractivity contribution >= 4 is 0 Å². The topological polar surface area (TPSA) is 37.8 Å². The molecule has 0 bridgehead atoms. The van der Waals surface area contributed by atoms with Crippen molar-refractivity contribution < 1.29 is 0 Å². The summed E-state index contributed by atoms with van der Waals surface area (Å²) in [7, 11) is 0. The molecule has 3 nitrogen and oxygen atoms in total. The molecule has 0 unspecified atom stereocenters. The quantitative estimate of drug-likeness (QED) is 0.747. The first-order valence-corrected chi connectivity index (χ1v) is 7.86. The number of H-pyrrole nitrogens is 1. The Morgan fingerprint density at radius 3 is 2.09 bits per heavy atom. The van der Waals surface area contributed by atoms with Gasteiger partial charge in [0, 0.05) is 5.41 Å². The van der Waals surface area contributed by atoms with Crippen LogP contribution in [-0.4, -0.2) is 9.78 Å². The number of nitrogens with one attached hydrogen (secondary N) is 1. The van der Waals surface area contributed by atoms with E-state index in [9.17, 15) is 4.79 Å². The molecule has 1 heterocycles. The van der Waals surface area contributed by atoms with Gasteiger partial charge in [-0.1, -0.05) is 68.8 Å². The van der Waals surface area contributed by atoms with E-state index in [-0.39, 0.29) is 11.0 Å². The highest BCUT2D eigenvalue weighted by molar-refractivity contribution is 5.67. The maximum Gasteiger partial charge on any atom is 0.279 e. The van der Waals surface area contributed by atoms with E-state index in [1.54, 1.807) is 4.68 Å². The molecule has 23 heavy (non-hydrogen) atoms. The molecule has 0 aliphatic rings. The summed E-state index contributed by atoms with van der Waals surface area (Å²) < 4.78 is 1.63. The van der Waals surface area contributed by atoms with E-state index in [0.29, 0.717) is 0 Å². The number of nitrogens with zero attached hydrogens (tertiary/aromatic N) is 1. The molecule has 1 N–H and O–H groups in total. The average Bonchev–Trinajstić information content (AvgIpc) is 2.87. The van der Waals surface area contributed by atoms with Crippen molar-refractivity contribution in [2.24, 2.45) is 0 Å². The summed E-state index contributed by atoms with van der Waals surface area (Å²) in [6.45, 7) is 8.40. The minimum absolute atomic E-state index is 0.00928. The summed E-state index contributed by atoms with van der Waals surface area (Å²) in [5.41, 5.74) is 4.53. The van der Waals surface area contributed by atoms with Crippen LogP contribution in [0, 0.1) is 6.92 Å². The molecule has 3 aromatic rings.